The van der Waals surface area contributed by atoms with Crippen LogP contribution in [0.4, 0.5) is 0 Å². The van der Waals surface area contributed by atoms with E-state index in [-0.39, 0.29) is 0 Å². The fourth-order valence-electron chi connectivity index (χ4n) is 2.60. The normalized spacial score (nSPS) is 17.7. The molecule has 1 fully saturated rings. The van der Waals surface area contributed by atoms with Crippen LogP contribution in [-0.4, -0.2) is 31.1 Å². The van der Waals surface area contributed by atoms with Crippen LogP contribution in [0.3, 0.4) is 0 Å². The largest absolute Gasteiger partial charge is 0.303 e. The van der Waals surface area contributed by atoms with Gasteiger partial charge in [-0.3, -0.25) is 5.32 Å². The molecule has 1 N–H and O–H groups in total. The second kappa shape index (κ2) is 6.88. The fourth-order valence-corrected chi connectivity index (χ4v) is 2.60. The van der Waals surface area contributed by atoms with Gasteiger partial charge in [-0.15, -0.1) is 0 Å². The van der Waals surface area contributed by atoms with Gasteiger partial charge in [0, 0.05) is 12.6 Å². The minimum Gasteiger partial charge on any atom is -0.303 e. The van der Waals surface area contributed by atoms with Gasteiger partial charge in [0.2, 0.25) is 0 Å². The third-order valence-corrected chi connectivity index (χ3v) is 4.14. The van der Waals surface area contributed by atoms with Crippen LogP contribution in [0.2, 0.25) is 0 Å². The highest BCUT2D eigenvalue weighted by Crippen LogP contribution is 2.29. The Labute approximate surface area is 122 Å². The van der Waals surface area contributed by atoms with E-state index in [1.165, 1.54) is 12.8 Å². The Morgan fingerprint density at radius 3 is 2.60 bits per heavy atom. The summed E-state index contributed by atoms with van der Waals surface area (Å²) in [6, 6.07) is 13.4. The fraction of sp³-hybridized carbons (Fsp3) is 0.588. The maximum atomic E-state index is 9.79. The van der Waals surface area contributed by atoms with Gasteiger partial charge >= 0.3 is 0 Å². The van der Waals surface area contributed by atoms with Gasteiger partial charge < -0.3 is 4.90 Å². The number of hydrogen-bond acceptors (Lipinski definition) is 3. The molecule has 0 bridgehead atoms. The van der Waals surface area contributed by atoms with Gasteiger partial charge in [-0.1, -0.05) is 37.3 Å². The number of rotatable bonds is 8. The van der Waals surface area contributed by atoms with Crippen LogP contribution in [0.25, 0.3) is 0 Å². The first-order valence-corrected chi connectivity index (χ1v) is 7.64. The second-order valence-electron chi connectivity index (χ2n) is 5.77. The number of hydrogen-bond donors (Lipinski definition) is 1. The lowest BCUT2D eigenvalue weighted by atomic mass is 9.87. The Hall–Kier alpha value is -1.37. The molecule has 0 heterocycles. The Morgan fingerprint density at radius 2 is 2.05 bits per heavy atom. The first-order valence-electron chi connectivity index (χ1n) is 7.64. The highest BCUT2D eigenvalue weighted by Gasteiger charge is 2.33. The van der Waals surface area contributed by atoms with E-state index in [0.29, 0.717) is 0 Å². The molecule has 1 aliphatic carbocycles. The zero-order chi connectivity index (χ0) is 14.4. The summed E-state index contributed by atoms with van der Waals surface area (Å²) in [5.41, 5.74) is 0.528. The third-order valence-electron chi connectivity index (χ3n) is 4.14. The van der Waals surface area contributed by atoms with Crippen molar-refractivity contribution in [1.29, 1.82) is 5.26 Å². The van der Waals surface area contributed by atoms with Crippen molar-refractivity contribution in [3.8, 4) is 6.07 Å². The van der Waals surface area contributed by atoms with Crippen LogP contribution in [-0.2, 0) is 5.54 Å². The Kier molecular flexibility index (Phi) is 5.17. The molecule has 0 radical (unpaired) electrons. The molecule has 0 aliphatic heterocycles. The highest BCUT2D eigenvalue weighted by atomic mass is 15.2. The van der Waals surface area contributed by atoms with E-state index in [4.69, 9.17) is 0 Å². The molecule has 0 amide bonds. The van der Waals surface area contributed by atoms with Gasteiger partial charge in [-0.25, -0.2) is 0 Å². The van der Waals surface area contributed by atoms with Crippen LogP contribution < -0.4 is 5.32 Å². The molecular formula is C17H25N3. The molecule has 1 aliphatic rings. The Morgan fingerprint density at radius 1 is 1.35 bits per heavy atom. The van der Waals surface area contributed by atoms with Gasteiger partial charge in [0.15, 0.2) is 0 Å². The maximum absolute atomic E-state index is 9.79. The van der Waals surface area contributed by atoms with Gasteiger partial charge in [-0.05, 0) is 44.8 Å². The van der Waals surface area contributed by atoms with Crippen molar-refractivity contribution in [2.75, 3.05) is 20.1 Å². The van der Waals surface area contributed by atoms with Crippen molar-refractivity contribution in [1.82, 2.24) is 10.2 Å². The van der Waals surface area contributed by atoms with E-state index in [9.17, 15) is 5.26 Å². The summed E-state index contributed by atoms with van der Waals surface area (Å²) < 4.78 is 0. The molecule has 3 nitrogen and oxygen atoms in total. The summed E-state index contributed by atoms with van der Waals surface area (Å²) >= 11 is 0. The van der Waals surface area contributed by atoms with Crippen molar-refractivity contribution >= 4 is 0 Å². The predicted octanol–water partition coefficient (Wildman–Crippen LogP) is 2.89. The molecule has 0 spiro atoms. The van der Waals surface area contributed by atoms with Gasteiger partial charge in [0.05, 0.1) is 6.07 Å². The van der Waals surface area contributed by atoms with E-state index in [1.54, 1.807) is 0 Å². The zero-order valence-corrected chi connectivity index (χ0v) is 12.6. The molecule has 1 aromatic rings. The van der Waals surface area contributed by atoms with Crippen LogP contribution >= 0.6 is 0 Å². The van der Waals surface area contributed by atoms with Crippen molar-refractivity contribution in [2.24, 2.45) is 0 Å². The summed E-state index contributed by atoms with van der Waals surface area (Å²) in [7, 11) is 2.17. The lowest BCUT2D eigenvalue weighted by Crippen LogP contribution is -2.44. The highest BCUT2D eigenvalue weighted by molar-refractivity contribution is 5.31. The molecule has 1 atom stereocenters. The van der Waals surface area contributed by atoms with Crippen LogP contribution in [0, 0.1) is 11.3 Å². The van der Waals surface area contributed by atoms with Crippen LogP contribution in [0.15, 0.2) is 30.3 Å². The lowest BCUT2D eigenvalue weighted by molar-refractivity contribution is 0.273. The number of nitrogens with zero attached hydrogens (tertiary/aromatic N) is 2. The standard InChI is InChI=1S/C17H25N3/c1-3-12-19-17(14-18,15-7-5-4-6-8-15)11-13-20(2)16-9-10-16/h4-8,16,19H,3,9-13H2,1-2H3. The molecule has 1 saturated carbocycles. The average molecular weight is 271 g/mol. The summed E-state index contributed by atoms with van der Waals surface area (Å²) in [4.78, 5) is 2.39. The SMILES string of the molecule is CCCNC(C#N)(CCN(C)C1CC1)c1ccccc1. The molecule has 2 rings (SSSR count). The molecule has 3 heteroatoms. The first-order chi connectivity index (χ1) is 9.72. The van der Waals surface area contributed by atoms with Crippen LogP contribution in [0.1, 0.15) is 38.2 Å². The quantitative estimate of drug-likeness (QED) is 0.790. The smallest absolute Gasteiger partial charge is 0.133 e. The minimum atomic E-state index is -0.555. The van der Waals surface area contributed by atoms with Crippen molar-refractivity contribution in [3.63, 3.8) is 0 Å². The summed E-state index contributed by atoms with van der Waals surface area (Å²) in [6.07, 6.45) is 4.49. The Bertz CT molecular complexity index is 447. The van der Waals surface area contributed by atoms with Gasteiger partial charge in [0.25, 0.3) is 0 Å². The van der Waals surface area contributed by atoms with Gasteiger partial charge in [0.1, 0.15) is 5.54 Å². The van der Waals surface area contributed by atoms with E-state index in [0.717, 1.165) is 37.5 Å². The van der Waals surface area contributed by atoms with Crippen molar-refractivity contribution in [3.05, 3.63) is 35.9 Å². The summed E-state index contributed by atoms with van der Waals surface area (Å²) in [5, 5.41) is 13.3. The van der Waals surface area contributed by atoms with E-state index >= 15 is 0 Å². The second-order valence-corrected chi connectivity index (χ2v) is 5.77. The van der Waals surface area contributed by atoms with E-state index in [2.05, 4.69) is 42.4 Å². The zero-order valence-electron chi connectivity index (χ0n) is 12.6. The number of benzene rings is 1. The Balaban J connectivity index is 2.11. The topological polar surface area (TPSA) is 39.1 Å². The summed E-state index contributed by atoms with van der Waals surface area (Å²) in [6.45, 7) is 3.97. The molecule has 1 aromatic carbocycles. The maximum Gasteiger partial charge on any atom is 0.133 e. The molecule has 20 heavy (non-hydrogen) atoms. The van der Waals surface area contributed by atoms with E-state index < -0.39 is 5.54 Å². The minimum absolute atomic E-state index is 0.555. The summed E-state index contributed by atoms with van der Waals surface area (Å²) in [5.74, 6) is 0. The van der Waals surface area contributed by atoms with Crippen molar-refractivity contribution in [2.45, 2.75) is 44.2 Å². The average Bonchev–Trinajstić information content (AvgIpc) is 3.33. The van der Waals surface area contributed by atoms with Crippen LogP contribution in [0.5, 0.6) is 0 Å². The van der Waals surface area contributed by atoms with E-state index in [1.807, 2.05) is 18.2 Å². The molecule has 0 saturated heterocycles. The predicted molar refractivity (Wildman–Crippen MR) is 82.3 cm³/mol. The first kappa shape index (κ1) is 15.0. The molecule has 108 valence electrons. The number of nitrogens with one attached hydrogen (secondary N) is 1. The number of nitriles is 1. The molecule has 0 aromatic heterocycles. The van der Waals surface area contributed by atoms with Crippen molar-refractivity contribution < 1.29 is 0 Å². The molecular weight excluding hydrogens is 246 g/mol. The van der Waals surface area contributed by atoms with Gasteiger partial charge in [-0.2, -0.15) is 5.26 Å². The lowest BCUT2D eigenvalue weighted by Gasteiger charge is -2.30. The third kappa shape index (κ3) is 3.59. The monoisotopic (exact) mass is 271 g/mol. The molecule has 1 unspecified atom stereocenters.